The number of unbranched alkanes of at least 4 members (excludes halogenated alkanes) is 2. The number of hydrogen-bond donors (Lipinski definition) is 0. The van der Waals surface area contributed by atoms with Gasteiger partial charge in [0.15, 0.2) is 0 Å². The molecule has 0 N–H and O–H groups in total. The van der Waals surface area contributed by atoms with Crippen molar-refractivity contribution in [2.75, 3.05) is 26.2 Å². The Kier molecular flexibility index (Phi) is 14.7. The highest BCUT2D eigenvalue weighted by atomic mass is 15.1. The summed E-state index contributed by atoms with van der Waals surface area (Å²) in [5.74, 6) is 0. The minimum absolute atomic E-state index is 0.984. The monoisotopic (exact) mass is 359 g/mol. The van der Waals surface area contributed by atoms with Crippen LogP contribution in [0.15, 0.2) is 47.7 Å². The standard InChI is InChI=1S/C24H43N2/c1-8-13-17-22(6)24(19-14-15-21-25(9-2)10-3)20-16-18-23(7)26(11-4)12-5/h16-19,21H,7-15,20H2,1-6H3/q+1/b18-16-,22-17+,24-19-. The molecule has 0 aliphatic heterocycles. The van der Waals surface area contributed by atoms with Gasteiger partial charge < -0.3 is 4.90 Å². The van der Waals surface area contributed by atoms with Crippen LogP contribution < -0.4 is 0 Å². The summed E-state index contributed by atoms with van der Waals surface area (Å²) >= 11 is 0. The van der Waals surface area contributed by atoms with Crippen molar-refractivity contribution in [2.24, 2.45) is 0 Å². The molecule has 0 spiro atoms. The Labute approximate surface area is 163 Å². The zero-order valence-corrected chi connectivity index (χ0v) is 18.4. The number of allylic oxidation sites excluding steroid dienone is 6. The topological polar surface area (TPSA) is 6.25 Å². The molecule has 0 aromatic heterocycles. The van der Waals surface area contributed by atoms with Gasteiger partial charge in [-0.25, -0.2) is 4.58 Å². The van der Waals surface area contributed by atoms with Gasteiger partial charge in [0.25, 0.3) is 0 Å². The minimum Gasteiger partial charge on any atom is -0.373 e. The van der Waals surface area contributed by atoms with Gasteiger partial charge in [0, 0.05) is 25.2 Å². The Hall–Kier alpha value is -1.57. The number of rotatable bonds is 14. The molecular formula is C24H43N2+. The Bertz CT molecular complexity index is 496. The fourth-order valence-corrected chi connectivity index (χ4v) is 2.95. The number of hydrogen-bond acceptors (Lipinski definition) is 1. The highest BCUT2D eigenvalue weighted by molar-refractivity contribution is 5.51. The van der Waals surface area contributed by atoms with E-state index in [0.29, 0.717) is 0 Å². The first-order valence-electron chi connectivity index (χ1n) is 10.6. The van der Waals surface area contributed by atoms with Crippen molar-refractivity contribution < 1.29 is 4.58 Å². The second-order valence-electron chi connectivity index (χ2n) is 6.66. The Balaban J connectivity index is 4.98. The molecule has 26 heavy (non-hydrogen) atoms. The molecule has 2 heteroatoms. The van der Waals surface area contributed by atoms with Gasteiger partial charge in [-0.05, 0) is 65.5 Å². The molecule has 0 radical (unpaired) electrons. The van der Waals surface area contributed by atoms with E-state index < -0.39 is 0 Å². The molecule has 0 saturated heterocycles. The summed E-state index contributed by atoms with van der Waals surface area (Å²) in [6.45, 7) is 21.7. The van der Waals surface area contributed by atoms with Crippen LogP contribution in [-0.2, 0) is 0 Å². The quantitative estimate of drug-likeness (QED) is 0.151. The van der Waals surface area contributed by atoms with E-state index in [1.54, 1.807) is 0 Å². The first kappa shape index (κ1) is 24.4. The van der Waals surface area contributed by atoms with Gasteiger partial charge in [-0.3, -0.25) is 0 Å². The third-order valence-corrected chi connectivity index (χ3v) is 4.82. The number of likely N-dealkylation sites (N-methyl/N-ethyl adjacent to an activating group) is 1. The van der Waals surface area contributed by atoms with Crippen LogP contribution in [0.4, 0.5) is 0 Å². The molecule has 0 fully saturated rings. The molecule has 0 amide bonds. The smallest absolute Gasteiger partial charge is 0.139 e. The molecule has 148 valence electrons. The zero-order chi connectivity index (χ0) is 19.8. The normalized spacial score (nSPS) is 12.5. The summed E-state index contributed by atoms with van der Waals surface area (Å²) in [5.41, 5.74) is 3.99. The Morgan fingerprint density at radius 3 is 2.12 bits per heavy atom. The minimum atomic E-state index is 0.984. The van der Waals surface area contributed by atoms with Crippen molar-refractivity contribution in [1.82, 2.24) is 4.90 Å². The van der Waals surface area contributed by atoms with Crippen LogP contribution in [0.5, 0.6) is 0 Å². The van der Waals surface area contributed by atoms with Crippen molar-refractivity contribution in [2.45, 2.75) is 73.6 Å². The first-order valence-corrected chi connectivity index (χ1v) is 10.6. The van der Waals surface area contributed by atoms with Crippen molar-refractivity contribution in [3.8, 4) is 0 Å². The van der Waals surface area contributed by atoms with Gasteiger partial charge in [-0.15, -0.1) is 0 Å². The van der Waals surface area contributed by atoms with Crippen LogP contribution in [-0.4, -0.2) is 41.9 Å². The van der Waals surface area contributed by atoms with Gasteiger partial charge in [0.1, 0.15) is 19.3 Å². The molecule has 0 rings (SSSR count). The highest BCUT2D eigenvalue weighted by Gasteiger charge is 2.01. The van der Waals surface area contributed by atoms with Gasteiger partial charge in [0.05, 0.1) is 0 Å². The van der Waals surface area contributed by atoms with Crippen LogP contribution in [0.1, 0.15) is 73.6 Å². The Morgan fingerprint density at radius 1 is 0.923 bits per heavy atom. The van der Waals surface area contributed by atoms with Crippen LogP contribution >= 0.6 is 0 Å². The van der Waals surface area contributed by atoms with Gasteiger partial charge in [-0.1, -0.05) is 43.7 Å². The van der Waals surface area contributed by atoms with E-state index in [0.717, 1.165) is 57.6 Å². The van der Waals surface area contributed by atoms with Crippen LogP contribution in [0.2, 0.25) is 0 Å². The predicted octanol–water partition coefficient (Wildman–Crippen LogP) is 6.36. The molecule has 0 heterocycles. The second kappa shape index (κ2) is 15.7. The molecule has 0 aromatic rings. The van der Waals surface area contributed by atoms with E-state index in [2.05, 4.69) is 88.1 Å². The average molecular weight is 360 g/mol. The number of nitrogens with zero attached hydrogens (tertiary/aromatic N) is 2. The molecule has 0 atom stereocenters. The molecular weight excluding hydrogens is 316 g/mol. The maximum absolute atomic E-state index is 4.20. The fraction of sp³-hybridized carbons (Fsp3) is 0.625. The van der Waals surface area contributed by atoms with Crippen molar-refractivity contribution >= 4 is 6.21 Å². The summed E-state index contributed by atoms with van der Waals surface area (Å²) in [7, 11) is 0. The first-order chi connectivity index (χ1) is 12.5. The van der Waals surface area contributed by atoms with Crippen molar-refractivity contribution in [1.29, 1.82) is 0 Å². The van der Waals surface area contributed by atoms with E-state index >= 15 is 0 Å². The average Bonchev–Trinajstić information content (AvgIpc) is 2.65. The van der Waals surface area contributed by atoms with Gasteiger partial charge >= 0.3 is 0 Å². The third-order valence-electron chi connectivity index (χ3n) is 4.82. The van der Waals surface area contributed by atoms with E-state index in [1.807, 2.05) is 0 Å². The summed E-state index contributed by atoms with van der Waals surface area (Å²) < 4.78 is 2.38. The lowest BCUT2D eigenvalue weighted by molar-refractivity contribution is -0.517. The molecule has 0 aliphatic carbocycles. The molecule has 0 bridgehead atoms. The summed E-state index contributed by atoms with van der Waals surface area (Å²) in [6.07, 6.45) is 17.2. The van der Waals surface area contributed by atoms with Crippen molar-refractivity contribution in [3.05, 3.63) is 47.7 Å². The Morgan fingerprint density at radius 2 is 1.58 bits per heavy atom. The van der Waals surface area contributed by atoms with E-state index in [4.69, 9.17) is 0 Å². The maximum atomic E-state index is 4.20. The lowest BCUT2D eigenvalue weighted by atomic mass is 10.0. The van der Waals surface area contributed by atoms with Crippen LogP contribution in [0.3, 0.4) is 0 Å². The lowest BCUT2D eigenvalue weighted by Crippen LogP contribution is -2.20. The maximum Gasteiger partial charge on any atom is 0.139 e. The molecule has 2 nitrogen and oxygen atoms in total. The zero-order valence-electron chi connectivity index (χ0n) is 18.4. The molecule has 0 unspecified atom stereocenters. The molecule has 0 aromatic carbocycles. The highest BCUT2D eigenvalue weighted by Crippen LogP contribution is 2.18. The molecule has 0 saturated carbocycles. The fourth-order valence-electron chi connectivity index (χ4n) is 2.95. The summed E-state index contributed by atoms with van der Waals surface area (Å²) in [5, 5.41) is 0. The van der Waals surface area contributed by atoms with Crippen LogP contribution in [0, 0.1) is 0 Å². The van der Waals surface area contributed by atoms with E-state index in [1.165, 1.54) is 17.6 Å². The largest absolute Gasteiger partial charge is 0.373 e. The van der Waals surface area contributed by atoms with E-state index in [-0.39, 0.29) is 0 Å². The lowest BCUT2D eigenvalue weighted by Gasteiger charge is -2.20. The van der Waals surface area contributed by atoms with Gasteiger partial charge in [-0.2, -0.15) is 0 Å². The third kappa shape index (κ3) is 10.4. The summed E-state index contributed by atoms with van der Waals surface area (Å²) in [4.78, 5) is 2.29. The van der Waals surface area contributed by atoms with Crippen LogP contribution in [0.25, 0.3) is 0 Å². The van der Waals surface area contributed by atoms with Gasteiger partial charge in [0.2, 0.25) is 0 Å². The van der Waals surface area contributed by atoms with E-state index in [9.17, 15) is 0 Å². The molecule has 0 aliphatic rings. The van der Waals surface area contributed by atoms with Crippen molar-refractivity contribution in [3.63, 3.8) is 0 Å². The predicted molar refractivity (Wildman–Crippen MR) is 119 cm³/mol. The SMILES string of the molecule is C=C(/C=C\CC(=C/CCC=[N+](CC)CC)/C(C)=C/CCC)N(CC)CC. The second-order valence-corrected chi connectivity index (χ2v) is 6.66. The summed E-state index contributed by atoms with van der Waals surface area (Å²) in [6, 6.07) is 0.